The summed E-state index contributed by atoms with van der Waals surface area (Å²) in [6.45, 7) is 4.33. The fourth-order valence-electron chi connectivity index (χ4n) is 6.76. The van der Waals surface area contributed by atoms with Gasteiger partial charge in [-0.3, -0.25) is 24.4 Å². The maximum atomic E-state index is 14.1. The molecule has 11 nitrogen and oxygen atoms in total. The maximum absolute atomic E-state index is 14.1. The maximum Gasteiger partial charge on any atom is 0.309 e. The molecular weight excluding hydrogens is 663 g/mol. The molecule has 256 valence electrons. The second-order valence-corrected chi connectivity index (χ2v) is 13.4. The van der Waals surface area contributed by atoms with E-state index in [4.69, 9.17) is 25.7 Å². The Hall–Kier alpha value is -5.09. The van der Waals surface area contributed by atoms with Crippen molar-refractivity contribution in [1.29, 1.82) is 5.26 Å². The highest BCUT2D eigenvalue weighted by Crippen LogP contribution is 2.43. The Kier molecular flexibility index (Phi) is 8.90. The number of aromatic nitrogens is 2. The van der Waals surface area contributed by atoms with Gasteiger partial charge in [-0.15, -0.1) is 11.6 Å². The van der Waals surface area contributed by atoms with Gasteiger partial charge in [0.1, 0.15) is 29.2 Å². The van der Waals surface area contributed by atoms with E-state index in [0.717, 1.165) is 22.3 Å². The van der Waals surface area contributed by atoms with Crippen molar-refractivity contribution in [1.82, 2.24) is 25.1 Å². The zero-order valence-electron chi connectivity index (χ0n) is 27.4. The molecule has 1 aliphatic carbocycles. The molecule has 3 aliphatic rings. The number of ether oxygens (including phenoxy) is 1. The van der Waals surface area contributed by atoms with Crippen molar-refractivity contribution in [3.8, 4) is 11.8 Å². The lowest BCUT2D eigenvalue weighted by Crippen LogP contribution is -2.52. The van der Waals surface area contributed by atoms with E-state index in [1.54, 1.807) is 30.5 Å². The van der Waals surface area contributed by atoms with Crippen molar-refractivity contribution in [3.63, 3.8) is 0 Å². The number of nitriles is 1. The number of alkyl halides is 2. The molecule has 0 radical (unpaired) electrons. The zero-order chi connectivity index (χ0) is 35.2. The number of nitrogens with one attached hydrogen (secondary N) is 1. The number of oxazole rings is 1. The summed E-state index contributed by atoms with van der Waals surface area (Å²) in [7, 11) is 1.49. The van der Waals surface area contributed by atoms with Crippen molar-refractivity contribution in [3.05, 3.63) is 106 Å². The minimum atomic E-state index is -1.52. The third-order valence-corrected chi connectivity index (χ3v) is 10.1. The van der Waals surface area contributed by atoms with Crippen molar-refractivity contribution in [2.75, 3.05) is 33.3 Å². The first-order chi connectivity index (χ1) is 24.1. The van der Waals surface area contributed by atoms with Crippen LogP contribution in [0.5, 0.6) is 5.75 Å². The van der Waals surface area contributed by atoms with E-state index in [9.17, 15) is 24.3 Å². The van der Waals surface area contributed by atoms with Gasteiger partial charge in [0.05, 0.1) is 24.0 Å². The van der Waals surface area contributed by atoms with Crippen molar-refractivity contribution in [2.45, 2.75) is 37.1 Å². The molecule has 4 aromatic rings. The van der Waals surface area contributed by atoms with Crippen molar-refractivity contribution >= 4 is 40.2 Å². The lowest BCUT2D eigenvalue weighted by molar-refractivity contribution is -0.147. The zero-order valence-corrected chi connectivity index (χ0v) is 28.2. The van der Waals surface area contributed by atoms with Gasteiger partial charge < -0.3 is 19.6 Å². The van der Waals surface area contributed by atoms with Gasteiger partial charge in [0.15, 0.2) is 11.1 Å². The Morgan fingerprint density at radius 3 is 2.64 bits per heavy atom. The van der Waals surface area contributed by atoms with E-state index in [2.05, 4.69) is 16.4 Å². The number of carboxylic acids is 1. The second kappa shape index (κ2) is 13.3. The molecule has 2 aromatic heterocycles. The van der Waals surface area contributed by atoms with Crippen LogP contribution in [0.3, 0.4) is 0 Å². The number of fused-ring (bicyclic) bond motifs is 1. The fraction of sp³-hybridized carbons (Fsp3) is 0.324. The van der Waals surface area contributed by atoms with Gasteiger partial charge in [-0.25, -0.2) is 9.37 Å². The SMILES string of the molecule is COc1cc(C(=O)NC2(c3nc4cc(CN5CC(F)C5)cc(C#N)c4o3)C=CC=C(c3ccccc3C)C2Cl)ncc1CN1CC(C(=O)O)C1. The Labute approximate surface area is 292 Å². The molecule has 2 unspecified atom stereocenters. The number of carbonyl (C=O) groups is 2. The summed E-state index contributed by atoms with van der Waals surface area (Å²) in [6, 6.07) is 15.0. The van der Waals surface area contributed by atoms with E-state index in [1.807, 2.05) is 47.1 Å². The molecule has 4 heterocycles. The van der Waals surface area contributed by atoms with E-state index in [-0.39, 0.29) is 22.7 Å². The number of aliphatic carboxylic acids is 1. The van der Waals surface area contributed by atoms with Gasteiger partial charge in [-0.1, -0.05) is 36.4 Å². The average Bonchev–Trinajstić information content (AvgIpc) is 3.51. The topological polar surface area (TPSA) is 145 Å². The molecule has 2 N–H and O–H groups in total. The van der Waals surface area contributed by atoms with Crippen LogP contribution in [-0.2, 0) is 23.4 Å². The third-order valence-electron chi connectivity index (χ3n) is 9.52. The molecule has 0 spiro atoms. The van der Waals surface area contributed by atoms with Crippen LogP contribution in [0.25, 0.3) is 16.7 Å². The number of pyridine rings is 1. The lowest BCUT2D eigenvalue weighted by Gasteiger charge is -2.37. The minimum Gasteiger partial charge on any atom is -0.496 e. The molecule has 2 aromatic carbocycles. The molecular formula is C37H34ClFN6O5. The van der Waals surface area contributed by atoms with Crippen LogP contribution in [0.1, 0.15) is 44.2 Å². The molecule has 7 rings (SSSR count). The van der Waals surface area contributed by atoms with Gasteiger partial charge in [-0.05, 0) is 47.4 Å². The molecule has 0 saturated carbocycles. The summed E-state index contributed by atoms with van der Waals surface area (Å²) >= 11 is 7.38. The second-order valence-electron chi connectivity index (χ2n) is 13.0. The summed E-state index contributed by atoms with van der Waals surface area (Å²) in [6.07, 6.45) is 6.09. The van der Waals surface area contributed by atoms with Crippen LogP contribution in [0.4, 0.5) is 4.39 Å². The van der Waals surface area contributed by atoms with Crippen LogP contribution >= 0.6 is 11.6 Å². The Bertz CT molecular complexity index is 2100. The smallest absolute Gasteiger partial charge is 0.309 e. The Balaban J connectivity index is 1.25. The first-order valence-corrected chi connectivity index (χ1v) is 16.6. The summed E-state index contributed by atoms with van der Waals surface area (Å²) in [5.74, 6) is -1.31. The summed E-state index contributed by atoms with van der Waals surface area (Å²) < 4.78 is 25.5. The number of allylic oxidation sites excluding steroid dienone is 2. The number of methoxy groups -OCH3 is 1. The van der Waals surface area contributed by atoms with Crippen molar-refractivity contribution in [2.24, 2.45) is 5.92 Å². The highest BCUT2D eigenvalue weighted by molar-refractivity contribution is 6.28. The van der Waals surface area contributed by atoms with E-state index in [0.29, 0.717) is 56.1 Å². The predicted octanol–water partition coefficient (Wildman–Crippen LogP) is 4.97. The molecule has 2 saturated heterocycles. The third kappa shape index (κ3) is 6.13. The number of aryl methyl sites for hydroxylation is 1. The molecule has 2 aliphatic heterocycles. The number of carbonyl (C=O) groups excluding carboxylic acids is 1. The minimum absolute atomic E-state index is 0.0538. The summed E-state index contributed by atoms with van der Waals surface area (Å²) in [5.41, 5.74) is 3.53. The van der Waals surface area contributed by atoms with E-state index < -0.39 is 34.9 Å². The molecule has 13 heteroatoms. The normalized spacial score (nSPS) is 21.3. The van der Waals surface area contributed by atoms with Gasteiger partial charge in [0, 0.05) is 57.1 Å². The van der Waals surface area contributed by atoms with Crippen LogP contribution in [0, 0.1) is 24.2 Å². The van der Waals surface area contributed by atoms with Gasteiger partial charge in [-0.2, -0.15) is 5.26 Å². The quantitative estimate of drug-likeness (QED) is 0.218. The van der Waals surface area contributed by atoms with Gasteiger partial charge in [0.2, 0.25) is 5.89 Å². The number of carboxylic acid groups (broad SMARTS) is 1. The number of hydrogen-bond acceptors (Lipinski definition) is 9. The van der Waals surface area contributed by atoms with E-state index >= 15 is 0 Å². The Morgan fingerprint density at radius 2 is 1.94 bits per heavy atom. The monoisotopic (exact) mass is 696 g/mol. The number of nitrogens with zero attached hydrogens (tertiary/aromatic N) is 5. The standard InChI is InChI=1S/C37H34ClFN6O5/c1-21-6-3-4-7-27(21)28-8-5-9-37(33(28)38,36-42-29-11-22(15-44-19-26(39)20-44)10-23(13-40)32(29)50-36)43-34(46)30-12-31(49-2)24(14-41-30)16-45-17-25(18-45)35(47)48/h3-12,14,25-26,33H,15-20H2,1-2H3,(H,43,46)(H,47,48). The largest absolute Gasteiger partial charge is 0.496 e. The Morgan fingerprint density at radius 1 is 1.18 bits per heavy atom. The van der Waals surface area contributed by atoms with Crippen LogP contribution in [0.2, 0.25) is 0 Å². The molecule has 2 fully saturated rings. The molecule has 2 atom stereocenters. The lowest BCUT2D eigenvalue weighted by atomic mass is 9.81. The summed E-state index contributed by atoms with van der Waals surface area (Å²) in [4.78, 5) is 38.6. The number of benzene rings is 2. The molecule has 0 bridgehead atoms. The van der Waals surface area contributed by atoms with Crippen LogP contribution in [0.15, 0.2) is 71.3 Å². The first kappa shape index (κ1) is 33.4. The summed E-state index contributed by atoms with van der Waals surface area (Å²) in [5, 5.41) is 21.5. The van der Waals surface area contributed by atoms with Crippen molar-refractivity contribution < 1.29 is 28.2 Å². The van der Waals surface area contributed by atoms with Crippen LogP contribution < -0.4 is 10.1 Å². The average molecular weight is 697 g/mol. The number of amides is 1. The van der Waals surface area contributed by atoms with Gasteiger partial charge in [0.25, 0.3) is 5.91 Å². The number of halogens is 2. The molecule has 50 heavy (non-hydrogen) atoms. The van der Waals surface area contributed by atoms with Crippen LogP contribution in [-0.4, -0.2) is 81.6 Å². The highest BCUT2D eigenvalue weighted by atomic mass is 35.5. The predicted molar refractivity (Wildman–Crippen MR) is 183 cm³/mol. The number of rotatable bonds is 10. The number of hydrogen-bond donors (Lipinski definition) is 2. The van der Waals surface area contributed by atoms with E-state index in [1.165, 1.54) is 13.2 Å². The number of likely N-dealkylation sites (tertiary alicyclic amines) is 2. The molecule has 1 amide bonds. The fourth-order valence-corrected chi connectivity index (χ4v) is 7.17. The van der Waals surface area contributed by atoms with Gasteiger partial charge >= 0.3 is 5.97 Å². The highest BCUT2D eigenvalue weighted by Gasteiger charge is 2.47. The first-order valence-electron chi connectivity index (χ1n) is 16.2.